The number of amides is 2. The molecule has 25 heavy (non-hydrogen) atoms. The first-order valence-corrected chi connectivity index (χ1v) is 8.54. The van der Waals surface area contributed by atoms with E-state index in [9.17, 15) is 18.8 Å². The number of likely N-dealkylation sites (tertiary alicyclic amines) is 1. The molecule has 2 N–H and O–H groups in total. The highest BCUT2D eigenvalue weighted by Gasteiger charge is 2.27. The van der Waals surface area contributed by atoms with Crippen molar-refractivity contribution in [3.8, 4) is 0 Å². The van der Waals surface area contributed by atoms with Crippen LogP contribution in [0.2, 0.25) is 0 Å². The minimum Gasteiger partial charge on any atom is -0.374 e. The van der Waals surface area contributed by atoms with Crippen LogP contribution in [0.4, 0.5) is 10.1 Å². The van der Waals surface area contributed by atoms with Crippen LogP contribution in [0.1, 0.15) is 37.2 Å². The van der Waals surface area contributed by atoms with Crippen molar-refractivity contribution in [1.29, 1.82) is 0 Å². The first-order chi connectivity index (χ1) is 12.1. The number of nitrogens with zero attached hydrogens (tertiary/aromatic N) is 1. The fourth-order valence-electron chi connectivity index (χ4n) is 3.47. The highest BCUT2D eigenvalue weighted by atomic mass is 19.1. The molecule has 2 aliphatic rings. The highest BCUT2D eigenvalue weighted by molar-refractivity contribution is 6.01. The standard InChI is InChI=1S/C18H21FN3O3/c19-15-11-13(20-16-3-4-17(24)21-18(16)25)1-2-14(15)12-5-7-22(8-6-12)9-10-23/h1-2,11-12,16,20H,3-9H2,(H,21,24,25). The molecule has 0 saturated carbocycles. The summed E-state index contributed by atoms with van der Waals surface area (Å²) in [6.07, 6.45) is 4.19. The van der Waals surface area contributed by atoms with E-state index in [0.717, 1.165) is 25.9 Å². The Morgan fingerprint density at radius 2 is 2.00 bits per heavy atom. The fraction of sp³-hybridized carbons (Fsp3) is 0.500. The number of piperidine rings is 2. The molecular weight excluding hydrogens is 325 g/mol. The third kappa shape index (κ3) is 4.22. The van der Waals surface area contributed by atoms with E-state index in [1.807, 2.05) is 11.2 Å². The summed E-state index contributed by atoms with van der Waals surface area (Å²) in [5.74, 6) is -0.812. The number of hydrogen-bond donors (Lipinski definition) is 2. The van der Waals surface area contributed by atoms with Crippen LogP contribution in [-0.4, -0.2) is 48.7 Å². The minimum absolute atomic E-state index is 0.132. The van der Waals surface area contributed by atoms with Gasteiger partial charge in [-0.25, -0.2) is 4.39 Å². The molecule has 1 unspecified atom stereocenters. The summed E-state index contributed by atoms with van der Waals surface area (Å²) in [6, 6.07) is 4.42. The number of nitrogens with one attached hydrogen (secondary N) is 2. The summed E-state index contributed by atoms with van der Waals surface area (Å²) in [5, 5.41) is 5.27. The number of carbonyl (C=O) groups is 2. The molecule has 2 saturated heterocycles. The second kappa shape index (κ2) is 7.74. The van der Waals surface area contributed by atoms with Gasteiger partial charge in [-0.3, -0.25) is 24.6 Å². The number of carbonyl (C=O) groups excluding carboxylic acids is 3. The summed E-state index contributed by atoms with van der Waals surface area (Å²) >= 11 is 0. The number of imide groups is 1. The number of anilines is 1. The summed E-state index contributed by atoms with van der Waals surface area (Å²) < 4.78 is 14.5. The van der Waals surface area contributed by atoms with Gasteiger partial charge in [-0.2, -0.15) is 0 Å². The molecule has 2 aliphatic heterocycles. The van der Waals surface area contributed by atoms with Crippen LogP contribution in [0.5, 0.6) is 0 Å². The van der Waals surface area contributed by atoms with Gasteiger partial charge in [0.15, 0.2) is 0 Å². The number of halogens is 1. The Balaban J connectivity index is 1.62. The van der Waals surface area contributed by atoms with E-state index >= 15 is 0 Å². The van der Waals surface area contributed by atoms with Gasteiger partial charge in [0, 0.05) is 12.1 Å². The van der Waals surface area contributed by atoms with Crippen LogP contribution >= 0.6 is 0 Å². The SMILES string of the molecule is O=[C]CN1CCC(c2ccc(NC3CCC(=O)NC3=O)cc2F)CC1. The van der Waals surface area contributed by atoms with E-state index in [2.05, 4.69) is 10.6 Å². The normalized spacial score (nSPS) is 22.5. The van der Waals surface area contributed by atoms with E-state index in [1.165, 1.54) is 6.07 Å². The lowest BCUT2D eigenvalue weighted by atomic mass is 9.89. The van der Waals surface area contributed by atoms with Gasteiger partial charge >= 0.3 is 0 Å². The van der Waals surface area contributed by atoms with Gasteiger partial charge in [0.25, 0.3) is 0 Å². The van der Waals surface area contributed by atoms with Crippen molar-refractivity contribution in [2.24, 2.45) is 0 Å². The maximum Gasteiger partial charge on any atom is 0.249 e. The second-order valence-corrected chi connectivity index (χ2v) is 6.58. The largest absolute Gasteiger partial charge is 0.374 e. The Hall–Kier alpha value is -2.28. The highest BCUT2D eigenvalue weighted by Crippen LogP contribution is 2.31. The molecule has 133 valence electrons. The van der Waals surface area contributed by atoms with Crippen molar-refractivity contribution >= 4 is 23.8 Å². The smallest absolute Gasteiger partial charge is 0.249 e. The Morgan fingerprint density at radius 3 is 2.64 bits per heavy atom. The van der Waals surface area contributed by atoms with Gasteiger partial charge in [-0.05, 0) is 56.0 Å². The van der Waals surface area contributed by atoms with Crippen molar-refractivity contribution in [3.63, 3.8) is 0 Å². The quantitative estimate of drug-likeness (QED) is 0.787. The zero-order valence-corrected chi connectivity index (χ0v) is 13.9. The number of benzene rings is 1. The summed E-state index contributed by atoms with van der Waals surface area (Å²) in [4.78, 5) is 35.4. The molecule has 0 aromatic heterocycles. The predicted molar refractivity (Wildman–Crippen MR) is 90.3 cm³/mol. The molecule has 1 radical (unpaired) electrons. The second-order valence-electron chi connectivity index (χ2n) is 6.58. The van der Waals surface area contributed by atoms with Crippen molar-refractivity contribution < 1.29 is 18.8 Å². The molecule has 6 nitrogen and oxygen atoms in total. The molecule has 0 spiro atoms. The minimum atomic E-state index is -0.522. The van der Waals surface area contributed by atoms with E-state index < -0.39 is 6.04 Å². The van der Waals surface area contributed by atoms with Gasteiger partial charge in [-0.15, -0.1) is 0 Å². The molecule has 0 aliphatic carbocycles. The zero-order chi connectivity index (χ0) is 17.8. The van der Waals surface area contributed by atoms with Gasteiger partial charge in [0.2, 0.25) is 18.1 Å². The Labute approximate surface area is 145 Å². The van der Waals surface area contributed by atoms with Crippen LogP contribution in [-0.2, 0) is 14.4 Å². The average Bonchev–Trinajstić information content (AvgIpc) is 2.59. The molecule has 1 aromatic carbocycles. The number of rotatable bonds is 5. The van der Waals surface area contributed by atoms with Crippen molar-refractivity contribution in [2.45, 2.75) is 37.6 Å². The Morgan fingerprint density at radius 1 is 1.24 bits per heavy atom. The van der Waals surface area contributed by atoms with E-state index in [1.54, 1.807) is 12.1 Å². The van der Waals surface area contributed by atoms with E-state index in [0.29, 0.717) is 24.2 Å². The van der Waals surface area contributed by atoms with Crippen LogP contribution in [0, 0.1) is 5.82 Å². The average molecular weight is 346 g/mol. The molecule has 2 fully saturated rings. The molecule has 2 heterocycles. The molecule has 1 atom stereocenters. The summed E-state index contributed by atoms with van der Waals surface area (Å²) in [5.41, 5.74) is 1.20. The van der Waals surface area contributed by atoms with E-state index in [-0.39, 0.29) is 30.0 Å². The first kappa shape index (κ1) is 17.5. The van der Waals surface area contributed by atoms with Crippen molar-refractivity contribution in [3.05, 3.63) is 29.6 Å². The predicted octanol–water partition coefficient (Wildman–Crippen LogP) is 1.33. The van der Waals surface area contributed by atoms with Crippen molar-refractivity contribution in [2.75, 3.05) is 25.0 Å². The lowest BCUT2D eigenvalue weighted by Gasteiger charge is -2.31. The first-order valence-electron chi connectivity index (χ1n) is 8.54. The van der Waals surface area contributed by atoms with Crippen molar-refractivity contribution in [1.82, 2.24) is 10.2 Å². The van der Waals surface area contributed by atoms with Gasteiger partial charge < -0.3 is 5.32 Å². The monoisotopic (exact) mass is 346 g/mol. The number of hydrogen-bond acceptors (Lipinski definition) is 5. The maximum absolute atomic E-state index is 14.5. The Bertz CT molecular complexity index is 672. The van der Waals surface area contributed by atoms with E-state index in [4.69, 9.17) is 0 Å². The molecule has 3 rings (SSSR count). The molecular formula is C18H21FN3O3. The third-order valence-electron chi connectivity index (χ3n) is 4.90. The van der Waals surface area contributed by atoms with Gasteiger partial charge in [0.05, 0.1) is 6.54 Å². The van der Waals surface area contributed by atoms with Gasteiger partial charge in [0.1, 0.15) is 11.9 Å². The van der Waals surface area contributed by atoms with Crippen LogP contribution in [0.15, 0.2) is 18.2 Å². The zero-order valence-electron chi connectivity index (χ0n) is 13.9. The topological polar surface area (TPSA) is 78.5 Å². The van der Waals surface area contributed by atoms with Crippen LogP contribution in [0.3, 0.4) is 0 Å². The molecule has 2 amide bonds. The maximum atomic E-state index is 14.5. The molecule has 1 aromatic rings. The lowest BCUT2D eigenvalue weighted by molar-refractivity contribution is -0.133. The fourth-order valence-corrected chi connectivity index (χ4v) is 3.47. The van der Waals surface area contributed by atoms with Crippen LogP contribution < -0.4 is 10.6 Å². The summed E-state index contributed by atoms with van der Waals surface area (Å²) in [6.45, 7) is 1.83. The summed E-state index contributed by atoms with van der Waals surface area (Å²) in [7, 11) is 0. The lowest BCUT2D eigenvalue weighted by Crippen LogP contribution is -2.47. The Kier molecular flexibility index (Phi) is 5.43. The molecule has 0 bridgehead atoms. The van der Waals surface area contributed by atoms with Gasteiger partial charge in [-0.1, -0.05) is 6.07 Å². The molecule has 7 heteroatoms. The third-order valence-corrected chi connectivity index (χ3v) is 4.90. The van der Waals surface area contributed by atoms with Crippen LogP contribution in [0.25, 0.3) is 0 Å².